The summed E-state index contributed by atoms with van der Waals surface area (Å²) in [6, 6.07) is 0. The smallest absolute Gasteiger partial charge is 0.313 e. The van der Waals surface area contributed by atoms with Crippen LogP contribution in [0.3, 0.4) is 0 Å². The van der Waals surface area contributed by atoms with Crippen molar-refractivity contribution in [3.8, 4) is 0 Å². The predicted molar refractivity (Wildman–Crippen MR) is 60.4 cm³/mol. The lowest BCUT2D eigenvalue weighted by molar-refractivity contribution is -0.133. The van der Waals surface area contributed by atoms with Crippen LogP contribution in [-0.2, 0) is 4.79 Å². The molecule has 0 fully saturated rings. The van der Waals surface area contributed by atoms with E-state index < -0.39 is 5.97 Å². The Labute approximate surface area is 86.5 Å². The molecule has 2 nitrogen and oxygen atoms in total. The molecule has 0 unspecified atom stereocenters. The Hall–Kier alpha value is -0.440. The van der Waals surface area contributed by atoms with Crippen LogP contribution in [-0.4, -0.2) is 16.8 Å². The molecule has 0 bridgehead atoms. The SMILES string of the molecule is C=C(CC)CCCC.O=C(O)CS. The molecule has 3 heteroatoms. The van der Waals surface area contributed by atoms with Gasteiger partial charge in [-0.2, -0.15) is 12.6 Å². The Kier molecular flexibility index (Phi) is 13.4. The molecule has 0 rings (SSSR count). The molecule has 0 aliphatic carbocycles. The minimum Gasteiger partial charge on any atom is -0.481 e. The summed E-state index contributed by atoms with van der Waals surface area (Å²) >= 11 is 3.42. The maximum atomic E-state index is 9.29. The molecule has 0 aliphatic rings. The molecule has 0 aromatic heterocycles. The minimum atomic E-state index is -0.881. The van der Waals surface area contributed by atoms with Gasteiger partial charge in [0.05, 0.1) is 5.75 Å². The van der Waals surface area contributed by atoms with Crippen molar-refractivity contribution in [2.24, 2.45) is 0 Å². The number of rotatable bonds is 5. The fraction of sp³-hybridized carbons (Fsp3) is 0.700. The molecule has 0 radical (unpaired) electrons. The highest BCUT2D eigenvalue weighted by Crippen LogP contribution is 2.06. The van der Waals surface area contributed by atoms with Gasteiger partial charge in [-0.25, -0.2) is 0 Å². The summed E-state index contributed by atoms with van der Waals surface area (Å²) in [6.07, 6.45) is 4.98. The first kappa shape index (κ1) is 15.1. The highest BCUT2D eigenvalue weighted by Gasteiger charge is 1.86. The van der Waals surface area contributed by atoms with E-state index in [1.165, 1.54) is 24.8 Å². The zero-order valence-corrected chi connectivity index (χ0v) is 9.44. The van der Waals surface area contributed by atoms with Crippen LogP contribution in [0.1, 0.15) is 39.5 Å². The zero-order chi connectivity index (χ0) is 10.7. The van der Waals surface area contributed by atoms with Crippen molar-refractivity contribution >= 4 is 18.6 Å². The summed E-state index contributed by atoms with van der Waals surface area (Å²) in [7, 11) is 0. The average Bonchev–Trinajstić information content (AvgIpc) is 2.15. The molecule has 1 N–H and O–H groups in total. The average molecular weight is 204 g/mol. The summed E-state index contributed by atoms with van der Waals surface area (Å²) in [6.45, 7) is 8.29. The first-order chi connectivity index (χ1) is 6.08. The molecule has 0 spiro atoms. The van der Waals surface area contributed by atoms with Gasteiger partial charge in [-0.05, 0) is 19.3 Å². The Morgan fingerprint density at radius 2 is 1.92 bits per heavy atom. The van der Waals surface area contributed by atoms with Crippen molar-refractivity contribution < 1.29 is 9.90 Å². The molecule has 0 amide bonds. The van der Waals surface area contributed by atoms with Crippen LogP contribution in [0.2, 0.25) is 0 Å². The largest absolute Gasteiger partial charge is 0.481 e. The quantitative estimate of drug-likeness (QED) is 0.533. The van der Waals surface area contributed by atoms with E-state index >= 15 is 0 Å². The van der Waals surface area contributed by atoms with E-state index in [2.05, 4.69) is 33.1 Å². The first-order valence-corrected chi connectivity index (χ1v) is 5.20. The van der Waals surface area contributed by atoms with Crippen LogP contribution in [0.4, 0.5) is 0 Å². The van der Waals surface area contributed by atoms with Crippen molar-refractivity contribution in [3.05, 3.63) is 12.2 Å². The highest BCUT2D eigenvalue weighted by atomic mass is 32.1. The lowest BCUT2D eigenvalue weighted by Crippen LogP contribution is -1.92. The van der Waals surface area contributed by atoms with Crippen LogP contribution in [0.5, 0.6) is 0 Å². The highest BCUT2D eigenvalue weighted by molar-refractivity contribution is 7.81. The van der Waals surface area contributed by atoms with E-state index in [4.69, 9.17) is 5.11 Å². The third kappa shape index (κ3) is 18.5. The maximum Gasteiger partial charge on any atom is 0.313 e. The number of carbonyl (C=O) groups is 1. The van der Waals surface area contributed by atoms with Crippen LogP contribution in [0.25, 0.3) is 0 Å². The molecular formula is C10H20O2S. The molecule has 0 aromatic rings. The van der Waals surface area contributed by atoms with Gasteiger partial charge in [0, 0.05) is 0 Å². The molecule has 0 aromatic carbocycles. The second kappa shape index (κ2) is 11.6. The second-order valence-corrected chi connectivity index (χ2v) is 3.08. The second-order valence-electron chi connectivity index (χ2n) is 2.76. The van der Waals surface area contributed by atoms with Gasteiger partial charge in [-0.1, -0.05) is 32.4 Å². The van der Waals surface area contributed by atoms with Gasteiger partial charge in [0.25, 0.3) is 0 Å². The normalized spacial score (nSPS) is 8.54. The number of thiol groups is 1. The molecule has 0 aliphatic heterocycles. The predicted octanol–water partition coefficient (Wildman–Crippen LogP) is 3.14. The maximum absolute atomic E-state index is 9.29. The minimum absolute atomic E-state index is 0.0833. The number of carboxylic acids is 1. The van der Waals surface area contributed by atoms with Crippen LogP contribution >= 0.6 is 12.6 Å². The van der Waals surface area contributed by atoms with Gasteiger partial charge in [0.1, 0.15) is 0 Å². The van der Waals surface area contributed by atoms with Crippen LogP contribution in [0.15, 0.2) is 12.2 Å². The summed E-state index contributed by atoms with van der Waals surface area (Å²) in [5.41, 5.74) is 1.40. The number of hydrogen-bond donors (Lipinski definition) is 2. The number of hydrogen-bond acceptors (Lipinski definition) is 2. The van der Waals surface area contributed by atoms with E-state index in [0.717, 1.165) is 6.42 Å². The Morgan fingerprint density at radius 1 is 1.46 bits per heavy atom. The van der Waals surface area contributed by atoms with Crippen molar-refractivity contribution in [1.82, 2.24) is 0 Å². The fourth-order valence-corrected chi connectivity index (χ4v) is 0.604. The third-order valence-electron chi connectivity index (χ3n) is 1.52. The number of aliphatic carboxylic acids is 1. The van der Waals surface area contributed by atoms with Crippen molar-refractivity contribution in [1.29, 1.82) is 0 Å². The topological polar surface area (TPSA) is 37.3 Å². The van der Waals surface area contributed by atoms with Crippen molar-refractivity contribution in [2.75, 3.05) is 5.75 Å². The van der Waals surface area contributed by atoms with Gasteiger partial charge in [0.2, 0.25) is 0 Å². The van der Waals surface area contributed by atoms with Gasteiger partial charge >= 0.3 is 5.97 Å². The van der Waals surface area contributed by atoms with Crippen molar-refractivity contribution in [3.63, 3.8) is 0 Å². The third-order valence-corrected chi connectivity index (χ3v) is 1.79. The first-order valence-electron chi connectivity index (χ1n) is 4.57. The standard InChI is InChI=1S/C8H16.C2H4O2S/c1-4-6-7-8(3)5-2;3-2(4)1-5/h3-7H2,1-2H3;5H,1H2,(H,3,4). The summed E-state index contributed by atoms with van der Waals surface area (Å²) < 4.78 is 0. The number of allylic oxidation sites excluding steroid dienone is 1. The molecule has 0 saturated carbocycles. The van der Waals surface area contributed by atoms with Gasteiger partial charge in [-0.15, -0.1) is 0 Å². The summed E-state index contributed by atoms with van der Waals surface area (Å²) in [5.74, 6) is -0.965. The van der Waals surface area contributed by atoms with E-state index in [1.807, 2.05) is 0 Å². The summed E-state index contributed by atoms with van der Waals surface area (Å²) in [4.78, 5) is 9.29. The Balaban J connectivity index is 0. The molecule has 0 atom stereocenters. The lowest BCUT2D eigenvalue weighted by Gasteiger charge is -1.97. The monoisotopic (exact) mass is 204 g/mol. The molecule has 0 saturated heterocycles. The molecular weight excluding hydrogens is 184 g/mol. The molecule has 0 heterocycles. The van der Waals surface area contributed by atoms with Gasteiger partial charge < -0.3 is 5.11 Å². The van der Waals surface area contributed by atoms with E-state index in [1.54, 1.807) is 0 Å². The zero-order valence-electron chi connectivity index (χ0n) is 8.55. The lowest BCUT2D eigenvalue weighted by atomic mass is 10.1. The van der Waals surface area contributed by atoms with Crippen molar-refractivity contribution in [2.45, 2.75) is 39.5 Å². The van der Waals surface area contributed by atoms with E-state index in [0.29, 0.717) is 0 Å². The molecule has 78 valence electrons. The fourth-order valence-electron chi connectivity index (χ4n) is 0.604. The molecule has 13 heavy (non-hydrogen) atoms. The van der Waals surface area contributed by atoms with Crippen LogP contribution < -0.4 is 0 Å². The van der Waals surface area contributed by atoms with Gasteiger partial charge in [0.15, 0.2) is 0 Å². The number of unbranched alkanes of at least 4 members (excludes halogenated alkanes) is 1. The number of carboxylic acid groups (broad SMARTS) is 1. The van der Waals surface area contributed by atoms with E-state index in [9.17, 15) is 4.79 Å². The van der Waals surface area contributed by atoms with E-state index in [-0.39, 0.29) is 5.75 Å². The Bertz CT molecular complexity index is 144. The Morgan fingerprint density at radius 3 is 2.15 bits per heavy atom. The van der Waals surface area contributed by atoms with Gasteiger partial charge in [-0.3, -0.25) is 4.79 Å². The summed E-state index contributed by atoms with van der Waals surface area (Å²) in [5, 5.41) is 7.65. The van der Waals surface area contributed by atoms with Crippen LogP contribution in [0, 0.1) is 0 Å².